The molecule has 2 aromatic heterocycles. The Morgan fingerprint density at radius 2 is 2.12 bits per heavy atom. The van der Waals surface area contributed by atoms with Crippen LogP contribution in [0, 0.1) is 12.7 Å². The lowest BCUT2D eigenvalue weighted by atomic mass is 10.0. The summed E-state index contributed by atoms with van der Waals surface area (Å²) in [6, 6.07) is 7.15. The smallest absolute Gasteiger partial charge is 0.176 e. The van der Waals surface area contributed by atoms with Crippen LogP contribution in [0.5, 0.6) is 5.06 Å². The van der Waals surface area contributed by atoms with Crippen molar-refractivity contribution in [3.63, 3.8) is 0 Å². The summed E-state index contributed by atoms with van der Waals surface area (Å²) in [7, 11) is 0. The number of hydrogen-bond acceptors (Lipinski definition) is 6. The van der Waals surface area contributed by atoms with Crippen molar-refractivity contribution in [1.82, 2.24) is 14.9 Å². The van der Waals surface area contributed by atoms with Crippen molar-refractivity contribution in [1.29, 1.82) is 0 Å². The standard InChI is InChI=1S/C19H21FN4OS/c1-12-16-17(21-11-22-18(16)26-19(12)25)23-15-5-7-24(8-6-15)10-13-3-2-4-14(20)9-13/h2-4,9,11,15,25H,5-8,10H2,1H3,(H,21,22,23). The number of nitrogens with one attached hydrogen (secondary N) is 1. The van der Waals surface area contributed by atoms with E-state index in [1.54, 1.807) is 18.5 Å². The molecule has 0 radical (unpaired) electrons. The van der Waals surface area contributed by atoms with Gasteiger partial charge in [0, 0.05) is 31.2 Å². The highest BCUT2D eigenvalue weighted by atomic mass is 32.1. The van der Waals surface area contributed by atoms with Crippen LogP contribution in [0.1, 0.15) is 24.0 Å². The number of piperidine rings is 1. The van der Waals surface area contributed by atoms with E-state index in [-0.39, 0.29) is 5.82 Å². The Morgan fingerprint density at radius 3 is 2.88 bits per heavy atom. The Bertz CT molecular complexity index is 921. The molecule has 7 heteroatoms. The predicted octanol–water partition coefficient (Wildman–Crippen LogP) is 3.92. The summed E-state index contributed by atoms with van der Waals surface area (Å²) in [5, 5.41) is 14.7. The van der Waals surface area contributed by atoms with Gasteiger partial charge in [0.2, 0.25) is 0 Å². The van der Waals surface area contributed by atoms with Crippen LogP contribution in [0.25, 0.3) is 10.2 Å². The van der Waals surface area contributed by atoms with Crippen LogP contribution in [0.2, 0.25) is 0 Å². The Labute approximate surface area is 155 Å². The number of aromatic nitrogens is 2. The molecule has 1 fully saturated rings. The second kappa shape index (κ2) is 7.17. The van der Waals surface area contributed by atoms with Crippen LogP contribution in [-0.4, -0.2) is 39.1 Å². The van der Waals surface area contributed by atoms with E-state index in [1.807, 2.05) is 13.0 Å². The highest BCUT2D eigenvalue weighted by Crippen LogP contribution is 2.38. The number of halogens is 1. The third-order valence-electron chi connectivity index (χ3n) is 4.93. The lowest BCUT2D eigenvalue weighted by Crippen LogP contribution is -2.38. The van der Waals surface area contributed by atoms with E-state index in [4.69, 9.17) is 0 Å². The number of hydrogen-bond donors (Lipinski definition) is 2. The molecule has 2 N–H and O–H groups in total. The molecule has 5 nitrogen and oxygen atoms in total. The number of aryl methyl sites for hydroxylation is 1. The van der Waals surface area contributed by atoms with Crippen molar-refractivity contribution >= 4 is 27.4 Å². The number of aromatic hydroxyl groups is 1. The normalized spacial score (nSPS) is 16.2. The lowest BCUT2D eigenvalue weighted by Gasteiger charge is -2.32. The van der Waals surface area contributed by atoms with Gasteiger partial charge in [-0.1, -0.05) is 23.5 Å². The number of likely N-dealkylation sites (tertiary alicyclic amines) is 1. The molecule has 3 heterocycles. The van der Waals surface area contributed by atoms with Gasteiger partial charge in [-0.15, -0.1) is 0 Å². The SMILES string of the molecule is Cc1c(O)sc2ncnc(NC3CCN(Cc4cccc(F)c4)CC3)c12. The minimum atomic E-state index is -0.179. The highest BCUT2D eigenvalue weighted by molar-refractivity contribution is 7.20. The molecule has 26 heavy (non-hydrogen) atoms. The number of nitrogens with zero attached hydrogens (tertiary/aromatic N) is 3. The van der Waals surface area contributed by atoms with Crippen LogP contribution in [0.4, 0.5) is 10.2 Å². The quantitative estimate of drug-likeness (QED) is 0.727. The number of anilines is 1. The van der Waals surface area contributed by atoms with Crippen molar-refractivity contribution < 1.29 is 9.50 Å². The topological polar surface area (TPSA) is 61.3 Å². The second-order valence-corrected chi connectivity index (χ2v) is 7.74. The Kier molecular flexibility index (Phi) is 4.74. The second-order valence-electron chi connectivity index (χ2n) is 6.76. The molecule has 136 valence electrons. The van der Waals surface area contributed by atoms with Crippen molar-refractivity contribution in [3.8, 4) is 5.06 Å². The fourth-order valence-electron chi connectivity index (χ4n) is 3.49. The maximum absolute atomic E-state index is 13.3. The maximum atomic E-state index is 13.3. The zero-order valence-electron chi connectivity index (χ0n) is 14.6. The van der Waals surface area contributed by atoms with Crippen LogP contribution in [-0.2, 0) is 6.54 Å². The summed E-state index contributed by atoms with van der Waals surface area (Å²) in [5.41, 5.74) is 1.84. The maximum Gasteiger partial charge on any atom is 0.176 e. The first-order valence-corrected chi connectivity index (χ1v) is 9.58. The van der Waals surface area contributed by atoms with Gasteiger partial charge >= 0.3 is 0 Å². The van der Waals surface area contributed by atoms with Gasteiger partial charge < -0.3 is 10.4 Å². The summed E-state index contributed by atoms with van der Waals surface area (Å²) in [5.74, 6) is 0.619. The summed E-state index contributed by atoms with van der Waals surface area (Å²) < 4.78 is 13.3. The van der Waals surface area contributed by atoms with E-state index in [9.17, 15) is 9.50 Å². The van der Waals surface area contributed by atoms with Crippen molar-refractivity contribution in [2.75, 3.05) is 18.4 Å². The largest absolute Gasteiger partial charge is 0.499 e. The van der Waals surface area contributed by atoms with Gasteiger partial charge in [0.1, 0.15) is 22.8 Å². The first kappa shape index (κ1) is 17.2. The Morgan fingerprint density at radius 1 is 1.31 bits per heavy atom. The van der Waals surface area contributed by atoms with Crippen LogP contribution < -0.4 is 5.32 Å². The minimum Gasteiger partial charge on any atom is -0.499 e. The zero-order chi connectivity index (χ0) is 18.1. The molecule has 4 rings (SSSR count). The van der Waals surface area contributed by atoms with Gasteiger partial charge in [-0.3, -0.25) is 4.90 Å². The van der Waals surface area contributed by atoms with E-state index < -0.39 is 0 Å². The summed E-state index contributed by atoms with van der Waals surface area (Å²) in [6.07, 6.45) is 3.53. The number of benzene rings is 1. The van der Waals surface area contributed by atoms with Crippen molar-refractivity contribution in [2.24, 2.45) is 0 Å². The number of rotatable bonds is 4. The van der Waals surface area contributed by atoms with Gasteiger partial charge in [0.15, 0.2) is 5.06 Å². The van der Waals surface area contributed by atoms with E-state index >= 15 is 0 Å². The molecule has 3 aromatic rings. The fraction of sp³-hybridized carbons (Fsp3) is 0.368. The number of thiophene rings is 1. The molecule has 0 saturated carbocycles. The van der Waals surface area contributed by atoms with E-state index in [0.717, 1.165) is 59.6 Å². The number of fused-ring (bicyclic) bond motifs is 1. The lowest BCUT2D eigenvalue weighted by molar-refractivity contribution is 0.211. The van der Waals surface area contributed by atoms with Gasteiger partial charge in [-0.05, 0) is 37.5 Å². The third kappa shape index (κ3) is 3.50. The average Bonchev–Trinajstić information content (AvgIpc) is 2.92. The van der Waals surface area contributed by atoms with Gasteiger partial charge in [-0.2, -0.15) is 0 Å². The minimum absolute atomic E-state index is 0.179. The van der Waals surface area contributed by atoms with Crippen molar-refractivity contribution in [3.05, 3.63) is 47.5 Å². The Balaban J connectivity index is 1.40. The molecule has 0 aliphatic carbocycles. The van der Waals surface area contributed by atoms with Crippen LogP contribution >= 0.6 is 11.3 Å². The van der Waals surface area contributed by atoms with Crippen molar-refractivity contribution in [2.45, 2.75) is 32.4 Å². The first-order valence-electron chi connectivity index (χ1n) is 8.76. The zero-order valence-corrected chi connectivity index (χ0v) is 15.4. The molecule has 1 aliphatic rings. The van der Waals surface area contributed by atoms with Crippen LogP contribution in [0.3, 0.4) is 0 Å². The molecule has 1 aromatic carbocycles. The molecule has 0 bridgehead atoms. The Hall–Kier alpha value is -2.25. The fourth-order valence-corrected chi connectivity index (χ4v) is 4.38. The van der Waals surface area contributed by atoms with Gasteiger partial charge in [-0.25, -0.2) is 14.4 Å². The van der Waals surface area contributed by atoms with Gasteiger partial charge in [0.25, 0.3) is 0 Å². The predicted molar refractivity (Wildman–Crippen MR) is 102 cm³/mol. The molecule has 0 amide bonds. The molecule has 1 aliphatic heterocycles. The third-order valence-corrected chi connectivity index (χ3v) is 5.93. The summed E-state index contributed by atoms with van der Waals surface area (Å²) in [6.45, 7) is 4.58. The van der Waals surface area contributed by atoms with E-state index in [0.29, 0.717) is 11.1 Å². The molecular formula is C19H21FN4OS. The molecule has 0 unspecified atom stereocenters. The molecule has 0 atom stereocenters. The average molecular weight is 372 g/mol. The highest BCUT2D eigenvalue weighted by Gasteiger charge is 2.21. The van der Waals surface area contributed by atoms with E-state index in [1.165, 1.54) is 17.4 Å². The van der Waals surface area contributed by atoms with E-state index in [2.05, 4.69) is 20.2 Å². The monoisotopic (exact) mass is 372 g/mol. The summed E-state index contributed by atoms with van der Waals surface area (Å²) >= 11 is 1.28. The summed E-state index contributed by atoms with van der Waals surface area (Å²) in [4.78, 5) is 11.8. The van der Waals surface area contributed by atoms with Gasteiger partial charge in [0.05, 0.1) is 5.39 Å². The van der Waals surface area contributed by atoms with Crippen LogP contribution in [0.15, 0.2) is 30.6 Å². The molecule has 0 spiro atoms. The molecule has 1 saturated heterocycles. The first-order chi connectivity index (χ1) is 12.6. The molecular weight excluding hydrogens is 351 g/mol.